The number of nitrogens with zero attached hydrogens (tertiary/aromatic N) is 3. The molecule has 2 aromatic heterocycles. The largest absolute Gasteiger partial charge is 0.289 e. The van der Waals surface area contributed by atoms with Crippen molar-refractivity contribution in [2.24, 2.45) is 0 Å². The lowest BCUT2D eigenvalue weighted by Gasteiger charge is -2.06. The van der Waals surface area contributed by atoms with Gasteiger partial charge in [0.1, 0.15) is 5.69 Å². The van der Waals surface area contributed by atoms with E-state index in [9.17, 15) is 9.59 Å². The maximum atomic E-state index is 11.7. The lowest BCUT2D eigenvalue weighted by atomic mass is 10.2. The van der Waals surface area contributed by atoms with Crippen LogP contribution in [0.3, 0.4) is 0 Å². The number of nitrogens with one attached hydrogen (secondary N) is 2. The first-order valence-electron chi connectivity index (χ1n) is 5.46. The van der Waals surface area contributed by atoms with Gasteiger partial charge in [0.05, 0.1) is 11.8 Å². The summed E-state index contributed by atoms with van der Waals surface area (Å²) in [5.41, 5.74) is 5.79. The van der Waals surface area contributed by atoms with Crippen LogP contribution in [-0.2, 0) is 0 Å². The summed E-state index contributed by atoms with van der Waals surface area (Å²) in [4.78, 5) is 34.8. The molecule has 0 unspecified atom stereocenters. The van der Waals surface area contributed by atoms with Gasteiger partial charge in [0.25, 0.3) is 11.8 Å². The van der Waals surface area contributed by atoms with Gasteiger partial charge in [-0.1, -0.05) is 0 Å². The van der Waals surface area contributed by atoms with Crippen molar-refractivity contribution >= 4 is 11.8 Å². The predicted molar refractivity (Wildman–Crippen MR) is 65.9 cm³/mol. The Labute approximate surface area is 109 Å². The van der Waals surface area contributed by atoms with E-state index in [2.05, 4.69) is 25.8 Å². The Balaban J connectivity index is 1.94. The van der Waals surface area contributed by atoms with Crippen LogP contribution in [0.2, 0.25) is 0 Å². The molecule has 0 aromatic carbocycles. The van der Waals surface area contributed by atoms with E-state index in [0.29, 0.717) is 5.56 Å². The quantitative estimate of drug-likeness (QED) is 0.752. The van der Waals surface area contributed by atoms with Crippen molar-refractivity contribution in [3.8, 4) is 0 Å². The number of rotatable bonds is 2. The molecule has 0 aliphatic heterocycles. The highest BCUT2D eigenvalue weighted by Crippen LogP contribution is 1.98. The zero-order valence-electron chi connectivity index (χ0n) is 10.1. The first-order chi connectivity index (χ1) is 9.16. The summed E-state index contributed by atoms with van der Waals surface area (Å²) < 4.78 is 0. The molecule has 7 nitrogen and oxygen atoms in total. The van der Waals surface area contributed by atoms with Gasteiger partial charge in [-0.3, -0.25) is 30.4 Å². The minimum Gasteiger partial charge on any atom is -0.267 e. The fourth-order valence-electron chi connectivity index (χ4n) is 1.27. The van der Waals surface area contributed by atoms with Crippen molar-refractivity contribution in [3.05, 3.63) is 53.9 Å². The van der Waals surface area contributed by atoms with Crippen molar-refractivity contribution in [1.29, 1.82) is 0 Å². The third-order valence-electron chi connectivity index (χ3n) is 2.26. The van der Waals surface area contributed by atoms with Crippen molar-refractivity contribution in [2.45, 2.75) is 6.92 Å². The molecule has 2 amide bonds. The molecule has 0 saturated carbocycles. The van der Waals surface area contributed by atoms with Gasteiger partial charge in [0.15, 0.2) is 0 Å². The van der Waals surface area contributed by atoms with Gasteiger partial charge < -0.3 is 0 Å². The molecule has 0 fully saturated rings. The molecule has 2 heterocycles. The standard InChI is InChI=1S/C12H11N5O2/c1-8-2-3-9(6-15-8)11(18)16-17-12(19)10-7-13-4-5-14-10/h2-7H,1H3,(H,16,18)(H,17,19). The molecule has 0 radical (unpaired) electrons. The summed E-state index contributed by atoms with van der Waals surface area (Å²) in [5.74, 6) is -0.994. The molecule has 0 bridgehead atoms. The van der Waals surface area contributed by atoms with Gasteiger partial charge >= 0.3 is 0 Å². The second-order valence-electron chi connectivity index (χ2n) is 3.69. The molecule has 0 aliphatic rings. The zero-order chi connectivity index (χ0) is 13.7. The Morgan fingerprint density at radius 2 is 1.79 bits per heavy atom. The molecule has 0 saturated heterocycles. The van der Waals surface area contributed by atoms with E-state index in [1.54, 1.807) is 12.1 Å². The fourth-order valence-corrected chi connectivity index (χ4v) is 1.27. The van der Waals surface area contributed by atoms with Gasteiger partial charge in [-0.05, 0) is 19.1 Å². The SMILES string of the molecule is Cc1ccc(C(=O)NNC(=O)c2cnccn2)cn1. The Kier molecular flexibility index (Phi) is 3.77. The average Bonchev–Trinajstić information content (AvgIpc) is 2.46. The molecule has 2 aromatic rings. The van der Waals surface area contributed by atoms with E-state index >= 15 is 0 Å². The molecule has 2 rings (SSSR count). The highest BCUT2D eigenvalue weighted by molar-refractivity contribution is 5.97. The topological polar surface area (TPSA) is 96.9 Å². The number of hydrogen-bond acceptors (Lipinski definition) is 5. The summed E-state index contributed by atoms with van der Waals surface area (Å²) in [6, 6.07) is 3.32. The van der Waals surface area contributed by atoms with E-state index in [1.165, 1.54) is 24.8 Å². The van der Waals surface area contributed by atoms with E-state index < -0.39 is 11.8 Å². The monoisotopic (exact) mass is 257 g/mol. The number of hydrazine groups is 1. The minimum atomic E-state index is -0.540. The molecule has 7 heteroatoms. The number of carbonyl (C=O) groups excluding carboxylic acids is 2. The first kappa shape index (κ1) is 12.6. The number of pyridine rings is 1. The molecule has 0 atom stereocenters. The van der Waals surface area contributed by atoms with Gasteiger partial charge in [-0.15, -0.1) is 0 Å². The highest BCUT2D eigenvalue weighted by Gasteiger charge is 2.09. The average molecular weight is 257 g/mol. The third kappa shape index (κ3) is 3.32. The highest BCUT2D eigenvalue weighted by atomic mass is 16.2. The molecular formula is C12H11N5O2. The summed E-state index contributed by atoms with van der Waals surface area (Å²) in [5, 5.41) is 0. The van der Waals surface area contributed by atoms with Crippen molar-refractivity contribution in [3.63, 3.8) is 0 Å². The summed E-state index contributed by atoms with van der Waals surface area (Å²) in [6.07, 6.45) is 5.57. The molecule has 2 N–H and O–H groups in total. The number of aromatic nitrogens is 3. The molecule has 19 heavy (non-hydrogen) atoms. The second-order valence-corrected chi connectivity index (χ2v) is 3.69. The number of amides is 2. The van der Waals surface area contributed by atoms with E-state index in [-0.39, 0.29) is 5.69 Å². The van der Waals surface area contributed by atoms with Crippen LogP contribution in [0.1, 0.15) is 26.5 Å². The maximum absolute atomic E-state index is 11.7. The maximum Gasteiger partial charge on any atom is 0.289 e. The number of hydrogen-bond donors (Lipinski definition) is 2. The zero-order valence-corrected chi connectivity index (χ0v) is 10.1. The van der Waals surface area contributed by atoms with Crippen LogP contribution in [0.5, 0.6) is 0 Å². The lowest BCUT2D eigenvalue weighted by Crippen LogP contribution is -2.42. The van der Waals surface area contributed by atoms with Crippen molar-refractivity contribution in [2.75, 3.05) is 0 Å². The van der Waals surface area contributed by atoms with Crippen LogP contribution in [0.25, 0.3) is 0 Å². The van der Waals surface area contributed by atoms with Gasteiger partial charge in [0, 0.05) is 24.3 Å². The Morgan fingerprint density at radius 1 is 1.00 bits per heavy atom. The van der Waals surface area contributed by atoms with Crippen LogP contribution in [0, 0.1) is 6.92 Å². The van der Waals surface area contributed by atoms with E-state index in [1.807, 2.05) is 6.92 Å². The van der Waals surface area contributed by atoms with Crippen LogP contribution in [0.4, 0.5) is 0 Å². The number of aryl methyl sites for hydroxylation is 1. The van der Waals surface area contributed by atoms with E-state index in [0.717, 1.165) is 5.69 Å². The smallest absolute Gasteiger partial charge is 0.267 e. The normalized spacial score (nSPS) is 9.74. The molecule has 96 valence electrons. The van der Waals surface area contributed by atoms with Crippen molar-refractivity contribution < 1.29 is 9.59 Å². The fraction of sp³-hybridized carbons (Fsp3) is 0.0833. The van der Waals surface area contributed by atoms with Crippen LogP contribution in [0.15, 0.2) is 36.9 Å². The van der Waals surface area contributed by atoms with E-state index in [4.69, 9.17) is 0 Å². The summed E-state index contributed by atoms with van der Waals surface area (Å²) >= 11 is 0. The third-order valence-corrected chi connectivity index (χ3v) is 2.26. The van der Waals surface area contributed by atoms with Crippen LogP contribution < -0.4 is 10.9 Å². The summed E-state index contributed by atoms with van der Waals surface area (Å²) in [6.45, 7) is 1.82. The summed E-state index contributed by atoms with van der Waals surface area (Å²) in [7, 11) is 0. The first-order valence-corrected chi connectivity index (χ1v) is 5.46. The molecular weight excluding hydrogens is 246 g/mol. The Morgan fingerprint density at radius 3 is 2.42 bits per heavy atom. The Bertz CT molecular complexity index is 583. The van der Waals surface area contributed by atoms with Crippen LogP contribution >= 0.6 is 0 Å². The minimum absolute atomic E-state index is 0.116. The number of carbonyl (C=O) groups is 2. The molecule has 0 aliphatic carbocycles. The second kappa shape index (κ2) is 5.67. The van der Waals surface area contributed by atoms with Crippen LogP contribution in [-0.4, -0.2) is 26.8 Å². The van der Waals surface area contributed by atoms with Gasteiger partial charge in [-0.2, -0.15) is 0 Å². The van der Waals surface area contributed by atoms with Crippen molar-refractivity contribution in [1.82, 2.24) is 25.8 Å². The molecule has 0 spiro atoms. The van der Waals surface area contributed by atoms with Gasteiger partial charge in [0.2, 0.25) is 0 Å². The predicted octanol–water partition coefficient (Wildman–Crippen LogP) is 0.255. The lowest BCUT2D eigenvalue weighted by molar-refractivity contribution is 0.0843. The Hall–Kier alpha value is -2.83. The van der Waals surface area contributed by atoms with Gasteiger partial charge in [-0.25, -0.2) is 4.98 Å².